The van der Waals surface area contributed by atoms with Crippen molar-refractivity contribution in [1.29, 1.82) is 0 Å². The third-order valence-electron chi connectivity index (χ3n) is 5.69. The summed E-state index contributed by atoms with van der Waals surface area (Å²) >= 11 is 10.5. The van der Waals surface area contributed by atoms with Gasteiger partial charge in [-0.05, 0) is 85.3 Å². The fourth-order valence-electron chi connectivity index (χ4n) is 3.57. The monoisotopic (exact) mass is 651 g/mol. The molecule has 0 bridgehead atoms. The average Bonchev–Trinajstić information content (AvgIpc) is 2.96. The van der Waals surface area contributed by atoms with Crippen LogP contribution in [0.25, 0.3) is 6.08 Å². The van der Waals surface area contributed by atoms with Crippen molar-refractivity contribution in [2.24, 2.45) is 0 Å². The lowest BCUT2D eigenvalue weighted by molar-refractivity contribution is -0.115. The molecule has 3 amide bonds. The molecule has 0 saturated carbocycles. The molecule has 0 radical (unpaired) electrons. The highest BCUT2D eigenvalue weighted by atomic mass is 79.9. The van der Waals surface area contributed by atoms with E-state index in [1.165, 1.54) is 23.9 Å². The van der Waals surface area contributed by atoms with E-state index in [0.29, 0.717) is 26.3 Å². The summed E-state index contributed by atoms with van der Waals surface area (Å²) in [6.45, 7) is 1.72. The first kappa shape index (κ1) is 30.0. The maximum absolute atomic E-state index is 14.1. The van der Waals surface area contributed by atoms with Gasteiger partial charge in [0, 0.05) is 25.6 Å². The molecule has 10 heteroatoms. The second kappa shape index (κ2) is 14.1. The minimum absolute atomic E-state index is 0.0464. The first-order chi connectivity index (χ1) is 19.7. The topological polar surface area (TPSA) is 87.3 Å². The molecule has 0 saturated heterocycles. The summed E-state index contributed by atoms with van der Waals surface area (Å²) in [6, 6.07) is 26.7. The second-order valence-electron chi connectivity index (χ2n) is 8.78. The van der Waals surface area contributed by atoms with Gasteiger partial charge in [-0.2, -0.15) is 0 Å². The van der Waals surface area contributed by atoms with Gasteiger partial charge in [0.2, 0.25) is 5.91 Å². The number of carbonyl (C=O) groups is 3. The van der Waals surface area contributed by atoms with E-state index in [-0.39, 0.29) is 17.3 Å². The van der Waals surface area contributed by atoms with Gasteiger partial charge in [-0.1, -0.05) is 57.9 Å². The molecule has 0 aliphatic carbocycles. The number of amides is 3. The van der Waals surface area contributed by atoms with Crippen LogP contribution in [0.3, 0.4) is 0 Å². The van der Waals surface area contributed by atoms with E-state index in [1.807, 2.05) is 0 Å². The third kappa shape index (κ3) is 8.78. The molecule has 0 aliphatic rings. The molecular formula is C31H24BrClFN3O3S. The Morgan fingerprint density at radius 2 is 1.59 bits per heavy atom. The van der Waals surface area contributed by atoms with E-state index in [0.717, 1.165) is 4.90 Å². The quantitative estimate of drug-likeness (QED) is 0.127. The van der Waals surface area contributed by atoms with E-state index in [2.05, 4.69) is 31.9 Å². The lowest BCUT2D eigenvalue weighted by atomic mass is 10.1. The molecule has 4 rings (SSSR count). The molecule has 0 fully saturated rings. The Bertz CT molecular complexity index is 1580. The normalized spacial score (nSPS) is 11.9. The number of hydrogen-bond donors (Lipinski definition) is 3. The first-order valence-electron chi connectivity index (χ1n) is 12.4. The zero-order valence-corrected chi connectivity index (χ0v) is 24.8. The first-order valence-corrected chi connectivity index (χ1v) is 14.4. The molecule has 1 atom stereocenters. The number of rotatable bonds is 9. The summed E-state index contributed by atoms with van der Waals surface area (Å²) in [5, 5.41) is 8.12. The number of carbonyl (C=O) groups excluding carboxylic acids is 3. The van der Waals surface area contributed by atoms with Crippen molar-refractivity contribution in [1.82, 2.24) is 5.32 Å². The van der Waals surface area contributed by atoms with E-state index in [4.69, 9.17) is 11.6 Å². The highest BCUT2D eigenvalue weighted by molar-refractivity contribution is 9.10. The van der Waals surface area contributed by atoms with E-state index in [1.54, 1.807) is 97.9 Å². The molecular weight excluding hydrogens is 629 g/mol. The summed E-state index contributed by atoms with van der Waals surface area (Å²) < 4.78 is 14.7. The fraction of sp³-hybridized carbons (Fsp3) is 0.0645. The molecule has 0 aliphatic heterocycles. The van der Waals surface area contributed by atoms with Crippen LogP contribution in [0, 0.1) is 5.82 Å². The lowest BCUT2D eigenvalue weighted by Crippen LogP contribution is -2.30. The predicted octanol–water partition coefficient (Wildman–Crippen LogP) is 7.77. The number of halogens is 3. The number of thioether (sulfide) groups is 1. The Morgan fingerprint density at radius 3 is 2.24 bits per heavy atom. The number of hydrogen-bond acceptors (Lipinski definition) is 4. The molecule has 0 heterocycles. The van der Waals surface area contributed by atoms with Gasteiger partial charge in [-0.3, -0.25) is 14.4 Å². The van der Waals surface area contributed by atoms with Gasteiger partial charge in [0.25, 0.3) is 11.8 Å². The van der Waals surface area contributed by atoms with Gasteiger partial charge in [-0.25, -0.2) is 4.39 Å². The van der Waals surface area contributed by atoms with Crippen LogP contribution in [0.5, 0.6) is 0 Å². The van der Waals surface area contributed by atoms with Crippen LogP contribution in [0.4, 0.5) is 15.8 Å². The van der Waals surface area contributed by atoms with Crippen LogP contribution in [0.15, 0.2) is 112 Å². The molecule has 3 N–H and O–H groups in total. The molecule has 0 spiro atoms. The molecule has 0 aromatic heterocycles. The van der Waals surface area contributed by atoms with Crippen LogP contribution in [0.1, 0.15) is 22.8 Å². The van der Waals surface area contributed by atoms with Gasteiger partial charge < -0.3 is 16.0 Å². The third-order valence-corrected chi connectivity index (χ3v) is 7.55. The Morgan fingerprint density at radius 1 is 0.902 bits per heavy atom. The van der Waals surface area contributed by atoms with E-state index >= 15 is 0 Å². The highest BCUT2D eigenvalue weighted by Crippen LogP contribution is 2.27. The van der Waals surface area contributed by atoms with Crippen molar-refractivity contribution < 1.29 is 18.8 Å². The number of anilines is 2. The van der Waals surface area contributed by atoms with Crippen molar-refractivity contribution >= 4 is 74.5 Å². The highest BCUT2D eigenvalue weighted by Gasteiger charge is 2.18. The number of benzene rings is 4. The summed E-state index contributed by atoms with van der Waals surface area (Å²) in [6.07, 6.45) is 1.56. The van der Waals surface area contributed by atoms with Gasteiger partial charge in [0.1, 0.15) is 11.5 Å². The molecule has 4 aromatic carbocycles. The van der Waals surface area contributed by atoms with E-state index in [9.17, 15) is 18.8 Å². The largest absolute Gasteiger partial charge is 0.323 e. The van der Waals surface area contributed by atoms with Crippen molar-refractivity contribution in [3.8, 4) is 0 Å². The Balaban J connectivity index is 1.42. The van der Waals surface area contributed by atoms with Crippen molar-refractivity contribution in [3.63, 3.8) is 0 Å². The summed E-state index contributed by atoms with van der Waals surface area (Å²) in [5.74, 6) is -1.83. The van der Waals surface area contributed by atoms with Crippen LogP contribution >= 0.6 is 39.3 Å². The van der Waals surface area contributed by atoms with Crippen LogP contribution in [-0.4, -0.2) is 23.0 Å². The maximum atomic E-state index is 14.1. The zero-order chi connectivity index (χ0) is 29.4. The Kier molecular flexibility index (Phi) is 10.3. The van der Waals surface area contributed by atoms with Crippen molar-refractivity contribution in [3.05, 3.63) is 129 Å². The van der Waals surface area contributed by atoms with Crippen LogP contribution in [-0.2, 0) is 9.59 Å². The van der Waals surface area contributed by atoms with Crippen LogP contribution < -0.4 is 16.0 Å². The lowest BCUT2D eigenvalue weighted by Gasteiger charge is -2.14. The molecule has 4 aromatic rings. The molecule has 6 nitrogen and oxygen atoms in total. The molecule has 41 heavy (non-hydrogen) atoms. The van der Waals surface area contributed by atoms with Gasteiger partial charge >= 0.3 is 0 Å². The van der Waals surface area contributed by atoms with Crippen molar-refractivity contribution in [2.75, 3.05) is 10.6 Å². The van der Waals surface area contributed by atoms with E-state index < -0.39 is 22.9 Å². The van der Waals surface area contributed by atoms with Crippen LogP contribution in [0.2, 0.25) is 5.02 Å². The van der Waals surface area contributed by atoms with Gasteiger partial charge in [0.05, 0.1) is 10.9 Å². The second-order valence-corrected chi connectivity index (χ2v) is 11.5. The standard InChI is InChI=1S/C31H24BrClFN3O3S/c1-19(29(38)36-27-16-9-22(32)18-26(27)34)41-25-14-12-24(13-15-25)35-31(40)28(17-20-7-10-23(33)11-8-20)37-30(39)21-5-3-2-4-6-21/h2-19H,1H3,(H,35,40)(H,36,38)(H,37,39)/b28-17-. The van der Waals surface area contributed by atoms with Gasteiger partial charge in [-0.15, -0.1) is 11.8 Å². The minimum Gasteiger partial charge on any atom is -0.323 e. The summed E-state index contributed by atoms with van der Waals surface area (Å²) in [4.78, 5) is 39.4. The van der Waals surface area contributed by atoms with Crippen molar-refractivity contribution in [2.45, 2.75) is 17.1 Å². The fourth-order valence-corrected chi connectivity index (χ4v) is 4.89. The molecule has 1 unspecified atom stereocenters. The average molecular weight is 653 g/mol. The SMILES string of the molecule is CC(Sc1ccc(NC(=O)/C(=C/c2ccc(Cl)cc2)NC(=O)c2ccccc2)cc1)C(=O)Nc1ccc(Br)cc1F. The predicted molar refractivity (Wildman–Crippen MR) is 166 cm³/mol. The molecule has 208 valence electrons. The Hall–Kier alpha value is -3.92. The maximum Gasteiger partial charge on any atom is 0.272 e. The number of nitrogens with one attached hydrogen (secondary N) is 3. The summed E-state index contributed by atoms with van der Waals surface area (Å²) in [5.41, 5.74) is 1.72. The Labute approximate surface area is 254 Å². The minimum atomic E-state index is -0.533. The zero-order valence-electron chi connectivity index (χ0n) is 21.7. The summed E-state index contributed by atoms with van der Waals surface area (Å²) in [7, 11) is 0. The van der Waals surface area contributed by atoms with Gasteiger partial charge in [0.15, 0.2) is 0 Å². The smallest absolute Gasteiger partial charge is 0.272 e.